The smallest absolute Gasteiger partial charge is 0.319 e. The second-order valence-electron chi connectivity index (χ2n) is 5.39. The van der Waals surface area contributed by atoms with Crippen LogP contribution in [0.2, 0.25) is 0 Å². The van der Waals surface area contributed by atoms with Crippen LogP contribution in [0.1, 0.15) is 0 Å². The molecule has 0 bridgehead atoms. The van der Waals surface area contributed by atoms with Crippen LogP contribution in [0.25, 0.3) is 0 Å². The molecule has 0 spiro atoms. The summed E-state index contributed by atoms with van der Waals surface area (Å²) in [7, 11) is -3.13. The van der Waals surface area contributed by atoms with Gasteiger partial charge in [0.2, 0.25) is 10.0 Å². The highest BCUT2D eigenvalue weighted by atomic mass is 32.2. The third-order valence-electron chi connectivity index (χ3n) is 3.60. The lowest BCUT2D eigenvalue weighted by Gasteiger charge is -2.33. The molecule has 2 N–H and O–H groups in total. The molecule has 2 amide bonds. The van der Waals surface area contributed by atoms with Crippen molar-refractivity contribution in [3.05, 3.63) is 30.1 Å². The number of carbonyl (C=O) groups is 1. The molecule has 7 nitrogen and oxygen atoms in total. The molecular weight excluding hydrogens is 323 g/mol. The molecule has 0 unspecified atom stereocenters. The normalized spacial score (nSPS) is 17.0. The van der Waals surface area contributed by atoms with Gasteiger partial charge in [0.05, 0.1) is 6.26 Å². The molecule has 1 aliphatic rings. The topological polar surface area (TPSA) is 81.8 Å². The lowest BCUT2D eigenvalue weighted by Crippen LogP contribution is -2.50. The van der Waals surface area contributed by atoms with Crippen molar-refractivity contribution in [2.75, 3.05) is 50.8 Å². The van der Waals surface area contributed by atoms with Crippen LogP contribution in [0.4, 0.5) is 14.9 Å². The van der Waals surface area contributed by atoms with E-state index in [-0.39, 0.29) is 0 Å². The van der Waals surface area contributed by atoms with Crippen molar-refractivity contribution >= 4 is 21.7 Å². The first-order chi connectivity index (χ1) is 10.8. The average molecular weight is 344 g/mol. The lowest BCUT2D eigenvalue weighted by atomic mass is 10.3. The van der Waals surface area contributed by atoms with E-state index in [2.05, 4.69) is 15.5 Å². The van der Waals surface area contributed by atoms with Crippen molar-refractivity contribution in [1.82, 2.24) is 14.5 Å². The van der Waals surface area contributed by atoms with Crippen molar-refractivity contribution in [3.63, 3.8) is 0 Å². The number of rotatable bonds is 5. The third kappa shape index (κ3) is 5.77. The number of nitrogens with one attached hydrogen (secondary N) is 2. The molecule has 128 valence electrons. The number of piperazine rings is 1. The van der Waals surface area contributed by atoms with Gasteiger partial charge in [-0.1, -0.05) is 6.07 Å². The molecule has 2 rings (SSSR count). The lowest BCUT2D eigenvalue weighted by molar-refractivity contribution is 0.189. The molecule has 23 heavy (non-hydrogen) atoms. The first-order valence-electron chi connectivity index (χ1n) is 7.32. The summed E-state index contributed by atoms with van der Waals surface area (Å²) < 4.78 is 37.3. The fourth-order valence-electron chi connectivity index (χ4n) is 2.35. The Bertz CT molecular complexity index is 645. The number of amides is 2. The second kappa shape index (κ2) is 7.71. The van der Waals surface area contributed by atoms with Gasteiger partial charge in [0.25, 0.3) is 0 Å². The van der Waals surface area contributed by atoms with Gasteiger partial charge in [-0.3, -0.25) is 4.90 Å². The van der Waals surface area contributed by atoms with Gasteiger partial charge in [-0.25, -0.2) is 17.6 Å². The Labute approximate surface area is 135 Å². The number of benzene rings is 1. The number of carbonyl (C=O) groups excluding carboxylic acids is 1. The zero-order valence-electron chi connectivity index (χ0n) is 13.0. The maximum Gasteiger partial charge on any atom is 0.319 e. The number of urea groups is 1. The monoisotopic (exact) mass is 344 g/mol. The zero-order chi connectivity index (χ0) is 16.9. The number of hydrogen-bond acceptors (Lipinski definition) is 4. The van der Waals surface area contributed by atoms with Crippen LogP contribution in [0, 0.1) is 5.82 Å². The summed E-state index contributed by atoms with van der Waals surface area (Å²) in [6, 6.07) is 5.27. The number of sulfonamides is 1. The Kier molecular flexibility index (Phi) is 5.91. The molecule has 0 aromatic heterocycles. The highest BCUT2D eigenvalue weighted by molar-refractivity contribution is 7.88. The van der Waals surface area contributed by atoms with Gasteiger partial charge in [-0.05, 0) is 18.2 Å². The van der Waals surface area contributed by atoms with Crippen LogP contribution in [0.5, 0.6) is 0 Å². The maximum absolute atomic E-state index is 13.0. The molecule has 1 saturated heterocycles. The fraction of sp³-hybridized carbons (Fsp3) is 0.500. The van der Waals surface area contributed by atoms with Gasteiger partial charge in [-0.2, -0.15) is 4.31 Å². The predicted molar refractivity (Wildman–Crippen MR) is 86.3 cm³/mol. The summed E-state index contributed by atoms with van der Waals surface area (Å²) >= 11 is 0. The Morgan fingerprint density at radius 2 is 1.96 bits per heavy atom. The van der Waals surface area contributed by atoms with Crippen molar-refractivity contribution in [3.8, 4) is 0 Å². The van der Waals surface area contributed by atoms with Crippen LogP contribution in [-0.2, 0) is 10.0 Å². The molecular formula is C14H21FN4O3S. The van der Waals surface area contributed by atoms with Gasteiger partial charge in [0.15, 0.2) is 0 Å². The first-order valence-corrected chi connectivity index (χ1v) is 9.17. The number of nitrogens with zero attached hydrogens (tertiary/aromatic N) is 2. The number of hydrogen-bond donors (Lipinski definition) is 2. The molecule has 0 saturated carbocycles. The van der Waals surface area contributed by atoms with E-state index in [1.165, 1.54) is 28.8 Å². The zero-order valence-corrected chi connectivity index (χ0v) is 13.8. The molecule has 0 atom stereocenters. The summed E-state index contributed by atoms with van der Waals surface area (Å²) in [5.74, 6) is -0.411. The Hall–Kier alpha value is -1.71. The second-order valence-corrected chi connectivity index (χ2v) is 7.38. The standard InChI is InChI=1S/C14H21FN4O3S/c1-23(21,22)19-9-7-18(8-10-19)6-5-16-14(20)17-13-4-2-3-12(15)11-13/h2-4,11H,5-10H2,1H3,(H2,16,17,20). The maximum atomic E-state index is 13.0. The summed E-state index contributed by atoms with van der Waals surface area (Å²) in [5, 5.41) is 5.24. The number of anilines is 1. The van der Waals surface area contributed by atoms with E-state index in [0.717, 1.165) is 0 Å². The SMILES string of the molecule is CS(=O)(=O)N1CCN(CCNC(=O)Nc2cccc(F)c2)CC1. The van der Waals surface area contributed by atoms with Crippen LogP contribution < -0.4 is 10.6 Å². The van der Waals surface area contributed by atoms with Crippen molar-refractivity contribution in [2.45, 2.75) is 0 Å². The molecule has 1 aromatic rings. The van der Waals surface area contributed by atoms with E-state index in [0.29, 0.717) is 45.0 Å². The minimum Gasteiger partial charge on any atom is -0.337 e. The summed E-state index contributed by atoms with van der Waals surface area (Å²) in [5.41, 5.74) is 0.393. The van der Waals surface area contributed by atoms with Crippen LogP contribution in [0.15, 0.2) is 24.3 Å². The summed E-state index contributed by atoms with van der Waals surface area (Å²) in [6.45, 7) is 3.28. The predicted octanol–water partition coefficient (Wildman–Crippen LogP) is 0.524. The number of halogens is 1. The molecule has 0 aliphatic carbocycles. The molecule has 1 aliphatic heterocycles. The Morgan fingerprint density at radius 1 is 1.26 bits per heavy atom. The highest BCUT2D eigenvalue weighted by Gasteiger charge is 2.22. The molecule has 0 radical (unpaired) electrons. The van der Waals surface area contributed by atoms with E-state index >= 15 is 0 Å². The van der Waals surface area contributed by atoms with Gasteiger partial charge < -0.3 is 10.6 Å². The molecule has 1 heterocycles. The van der Waals surface area contributed by atoms with E-state index in [9.17, 15) is 17.6 Å². The van der Waals surface area contributed by atoms with E-state index in [1.54, 1.807) is 6.07 Å². The van der Waals surface area contributed by atoms with Crippen LogP contribution >= 0.6 is 0 Å². The third-order valence-corrected chi connectivity index (χ3v) is 4.90. The fourth-order valence-corrected chi connectivity index (χ4v) is 3.18. The molecule has 1 fully saturated rings. The highest BCUT2D eigenvalue weighted by Crippen LogP contribution is 2.08. The van der Waals surface area contributed by atoms with Crippen molar-refractivity contribution in [1.29, 1.82) is 0 Å². The largest absolute Gasteiger partial charge is 0.337 e. The van der Waals surface area contributed by atoms with Gasteiger partial charge in [0.1, 0.15) is 5.82 Å². The van der Waals surface area contributed by atoms with Gasteiger partial charge in [0, 0.05) is 45.0 Å². The van der Waals surface area contributed by atoms with Gasteiger partial charge in [-0.15, -0.1) is 0 Å². The summed E-state index contributed by atoms with van der Waals surface area (Å²) in [6.07, 6.45) is 1.21. The van der Waals surface area contributed by atoms with E-state index < -0.39 is 21.9 Å². The summed E-state index contributed by atoms with van der Waals surface area (Å²) in [4.78, 5) is 13.8. The van der Waals surface area contributed by atoms with Crippen molar-refractivity contribution in [2.24, 2.45) is 0 Å². The van der Waals surface area contributed by atoms with E-state index in [4.69, 9.17) is 0 Å². The Balaban J connectivity index is 1.67. The van der Waals surface area contributed by atoms with Gasteiger partial charge >= 0.3 is 6.03 Å². The Morgan fingerprint density at radius 3 is 2.57 bits per heavy atom. The average Bonchev–Trinajstić information content (AvgIpc) is 2.47. The van der Waals surface area contributed by atoms with Crippen LogP contribution in [-0.4, -0.2) is 69.2 Å². The minimum absolute atomic E-state index is 0.393. The molecule has 9 heteroatoms. The molecule has 1 aromatic carbocycles. The van der Waals surface area contributed by atoms with E-state index in [1.807, 2.05) is 0 Å². The minimum atomic E-state index is -3.13. The quantitative estimate of drug-likeness (QED) is 0.816. The van der Waals surface area contributed by atoms with Crippen molar-refractivity contribution < 1.29 is 17.6 Å². The van der Waals surface area contributed by atoms with Crippen LogP contribution in [0.3, 0.4) is 0 Å². The first kappa shape index (κ1) is 17.6.